The Labute approximate surface area is 136 Å². The number of ether oxygens (including phenoxy) is 1. The number of non-ortho nitro benzene ring substituents is 1. The zero-order chi connectivity index (χ0) is 17.9. The van der Waals surface area contributed by atoms with Crippen molar-refractivity contribution in [3.05, 3.63) is 44.4 Å². The molecule has 12 heteroatoms. The number of anilines is 1. The predicted octanol–water partition coefficient (Wildman–Crippen LogP) is 2.42. The van der Waals surface area contributed by atoms with Crippen molar-refractivity contribution in [1.82, 2.24) is 10.2 Å². The Morgan fingerprint density at radius 1 is 1.29 bits per heavy atom. The third-order valence-corrected chi connectivity index (χ3v) is 3.51. The number of aromatic nitrogens is 2. The molecule has 0 aliphatic carbocycles. The van der Waals surface area contributed by atoms with Crippen LogP contribution >= 0.6 is 11.3 Å². The van der Waals surface area contributed by atoms with Crippen LogP contribution in [-0.4, -0.2) is 34.1 Å². The summed E-state index contributed by atoms with van der Waals surface area (Å²) in [6.45, 7) is 0. The SMILES string of the molecule is COC(=O)c1cc(C(=O)Nc2nnc(C(F)F)s2)cc([N+](=O)[O-])c1. The number of hydrogen-bond acceptors (Lipinski definition) is 8. The summed E-state index contributed by atoms with van der Waals surface area (Å²) < 4.78 is 29.3. The normalized spacial score (nSPS) is 10.5. The van der Waals surface area contributed by atoms with Gasteiger partial charge in [0, 0.05) is 17.7 Å². The monoisotopic (exact) mass is 358 g/mol. The Balaban J connectivity index is 2.31. The van der Waals surface area contributed by atoms with Crippen molar-refractivity contribution < 1.29 is 28.0 Å². The van der Waals surface area contributed by atoms with Gasteiger partial charge in [0.1, 0.15) is 0 Å². The first-order valence-electron chi connectivity index (χ1n) is 6.12. The number of esters is 1. The lowest BCUT2D eigenvalue weighted by atomic mass is 10.1. The number of nitro benzene ring substituents is 1. The Bertz CT molecular complexity index is 810. The van der Waals surface area contributed by atoms with Gasteiger partial charge in [0.2, 0.25) is 5.13 Å². The van der Waals surface area contributed by atoms with Crippen LogP contribution in [0.3, 0.4) is 0 Å². The number of nitrogens with zero attached hydrogens (tertiary/aromatic N) is 3. The average Bonchev–Trinajstić information content (AvgIpc) is 3.02. The van der Waals surface area contributed by atoms with Gasteiger partial charge < -0.3 is 4.74 Å². The highest BCUT2D eigenvalue weighted by Crippen LogP contribution is 2.26. The van der Waals surface area contributed by atoms with Gasteiger partial charge in [-0.25, -0.2) is 13.6 Å². The first kappa shape index (κ1) is 17.3. The highest BCUT2D eigenvalue weighted by atomic mass is 32.1. The molecule has 2 aromatic rings. The Morgan fingerprint density at radius 3 is 2.50 bits per heavy atom. The first-order chi connectivity index (χ1) is 11.3. The zero-order valence-electron chi connectivity index (χ0n) is 11.9. The van der Waals surface area contributed by atoms with Crippen LogP contribution in [0.15, 0.2) is 18.2 Å². The van der Waals surface area contributed by atoms with Crippen LogP contribution in [0.1, 0.15) is 32.1 Å². The van der Waals surface area contributed by atoms with Crippen molar-refractivity contribution >= 4 is 34.0 Å². The van der Waals surface area contributed by atoms with E-state index in [0.717, 1.165) is 25.3 Å². The maximum atomic E-state index is 12.4. The molecular weight excluding hydrogens is 350 g/mol. The van der Waals surface area contributed by atoms with E-state index in [1.165, 1.54) is 0 Å². The maximum absolute atomic E-state index is 12.4. The molecule has 24 heavy (non-hydrogen) atoms. The first-order valence-corrected chi connectivity index (χ1v) is 6.94. The number of carbonyl (C=O) groups excluding carboxylic acids is 2. The number of amides is 1. The lowest BCUT2D eigenvalue weighted by molar-refractivity contribution is -0.384. The molecule has 0 saturated heterocycles. The zero-order valence-corrected chi connectivity index (χ0v) is 12.7. The molecule has 0 radical (unpaired) electrons. The Morgan fingerprint density at radius 2 is 1.96 bits per heavy atom. The fraction of sp³-hybridized carbons (Fsp3) is 0.167. The maximum Gasteiger partial charge on any atom is 0.338 e. The molecule has 0 atom stereocenters. The number of nitro groups is 1. The largest absolute Gasteiger partial charge is 0.465 e. The minimum atomic E-state index is -2.84. The van der Waals surface area contributed by atoms with Crippen LogP contribution in [0, 0.1) is 10.1 Å². The molecule has 0 unspecified atom stereocenters. The topological polar surface area (TPSA) is 124 Å². The van der Waals surface area contributed by atoms with Crippen LogP contribution in [0.25, 0.3) is 0 Å². The van der Waals surface area contributed by atoms with Crippen molar-refractivity contribution in [2.75, 3.05) is 12.4 Å². The van der Waals surface area contributed by atoms with Crippen molar-refractivity contribution in [3.8, 4) is 0 Å². The van der Waals surface area contributed by atoms with Gasteiger partial charge in [-0.3, -0.25) is 20.2 Å². The summed E-state index contributed by atoms with van der Waals surface area (Å²) in [6, 6.07) is 2.95. The molecule has 9 nitrogen and oxygen atoms in total. The molecule has 0 fully saturated rings. The smallest absolute Gasteiger partial charge is 0.338 e. The number of benzene rings is 1. The molecule has 0 bridgehead atoms. The van der Waals surface area contributed by atoms with Crippen LogP contribution < -0.4 is 5.32 Å². The van der Waals surface area contributed by atoms with Gasteiger partial charge in [-0.1, -0.05) is 11.3 Å². The minimum Gasteiger partial charge on any atom is -0.465 e. The molecule has 0 saturated carbocycles. The van der Waals surface area contributed by atoms with E-state index in [2.05, 4.69) is 20.3 Å². The summed E-state index contributed by atoms with van der Waals surface area (Å²) in [5, 5.41) is 18.8. The van der Waals surface area contributed by atoms with Gasteiger partial charge in [-0.05, 0) is 6.07 Å². The third kappa shape index (κ3) is 3.84. The van der Waals surface area contributed by atoms with Crippen molar-refractivity contribution in [1.29, 1.82) is 0 Å². The fourth-order valence-electron chi connectivity index (χ4n) is 1.63. The molecule has 0 spiro atoms. The second-order valence-corrected chi connectivity index (χ2v) is 5.23. The van der Waals surface area contributed by atoms with Crippen LogP contribution in [-0.2, 0) is 4.74 Å². The van der Waals surface area contributed by atoms with E-state index in [1.54, 1.807) is 0 Å². The fourth-order valence-corrected chi connectivity index (χ4v) is 2.22. The van der Waals surface area contributed by atoms with Gasteiger partial charge in [0.15, 0.2) is 5.01 Å². The standard InChI is InChI=1S/C12H8F2N4O5S/c1-23-11(20)6-2-5(3-7(4-6)18(21)22)9(19)15-12-17-16-10(24-12)8(13)14/h2-4,8H,1H3,(H,15,17,19). The van der Waals surface area contributed by atoms with E-state index < -0.39 is 33.9 Å². The molecular formula is C12H8F2N4O5S. The number of rotatable bonds is 5. The van der Waals surface area contributed by atoms with Gasteiger partial charge in [-0.15, -0.1) is 10.2 Å². The summed E-state index contributed by atoms with van der Waals surface area (Å²) in [5.74, 6) is -1.75. The summed E-state index contributed by atoms with van der Waals surface area (Å²) in [5.41, 5.74) is -0.950. The van der Waals surface area contributed by atoms with Crippen LogP contribution in [0.5, 0.6) is 0 Å². The van der Waals surface area contributed by atoms with Crippen LogP contribution in [0.2, 0.25) is 0 Å². The number of halogens is 2. The molecule has 0 aliphatic heterocycles. The van der Waals surface area contributed by atoms with Crippen LogP contribution in [0.4, 0.5) is 19.6 Å². The number of methoxy groups -OCH3 is 1. The number of carbonyl (C=O) groups is 2. The number of hydrogen-bond donors (Lipinski definition) is 1. The second kappa shape index (κ2) is 7.04. The highest BCUT2D eigenvalue weighted by Gasteiger charge is 2.20. The predicted molar refractivity (Wildman–Crippen MR) is 77.3 cm³/mol. The summed E-state index contributed by atoms with van der Waals surface area (Å²) in [6.07, 6.45) is -2.84. The van der Waals surface area contributed by atoms with Crippen molar-refractivity contribution in [2.24, 2.45) is 0 Å². The molecule has 1 heterocycles. The number of alkyl halides is 2. The molecule has 126 valence electrons. The highest BCUT2D eigenvalue weighted by molar-refractivity contribution is 7.15. The summed E-state index contributed by atoms with van der Waals surface area (Å²) in [4.78, 5) is 33.7. The van der Waals surface area contributed by atoms with E-state index in [-0.39, 0.29) is 16.3 Å². The molecule has 1 amide bonds. The van der Waals surface area contributed by atoms with Gasteiger partial charge in [-0.2, -0.15) is 0 Å². The molecule has 2 rings (SSSR count). The van der Waals surface area contributed by atoms with Crippen molar-refractivity contribution in [2.45, 2.75) is 6.43 Å². The lowest BCUT2D eigenvalue weighted by Gasteiger charge is -2.04. The molecule has 1 aromatic carbocycles. The number of nitrogens with one attached hydrogen (secondary N) is 1. The van der Waals surface area contributed by atoms with E-state index >= 15 is 0 Å². The Kier molecular flexibility index (Phi) is 5.08. The minimum absolute atomic E-state index is 0.206. The van der Waals surface area contributed by atoms with Gasteiger partial charge in [0.05, 0.1) is 17.6 Å². The summed E-state index contributed by atoms with van der Waals surface area (Å²) in [7, 11) is 1.08. The third-order valence-electron chi connectivity index (χ3n) is 2.66. The van der Waals surface area contributed by atoms with E-state index in [1.807, 2.05) is 0 Å². The van der Waals surface area contributed by atoms with Gasteiger partial charge >= 0.3 is 5.97 Å². The molecule has 1 N–H and O–H groups in total. The molecule has 0 aliphatic rings. The second-order valence-electron chi connectivity index (χ2n) is 4.22. The van der Waals surface area contributed by atoms with Gasteiger partial charge in [0.25, 0.3) is 18.0 Å². The average molecular weight is 358 g/mol. The van der Waals surface area contributed by atoms with Crippen molar-refractivity contribution in [3.63, 3.8) is 0 Å². The van der Waals surface area contributed by atoms with E-state index in [4.69, 9.17) is 0 Å². The molecule has 1 aromatic heterocycles. The lowest BCUT2D eigenvalue weighted by Crippen LogP contribution is -2.14. The summed E-state index contributed by atoms with van der Waals surface area (Å²) >= 11 is 0.460. The van der Waals surface area contributed by atoms with E-state index in [0.29, 0.717) is 11.3 Å². The quantitative estimate of drug-likeness (QED) is 0.494. The van der Waals surface area contributed by atoms with E-state index in [9.17, 15) is 28.5 Å². The Hall–Kier alpha value is -3.02.